The molecule has 7 heteroatoms. The minimum atomic E-state index is 0.415. The second-order valence-corrected chi connectivity index (χ2v) is 4.15. The van der Waals surface area contributed by atoms with Crippen molar-refractivity contribution in [1.82, 2.24) is 20.2 Å². The summed E-state index contributed by atoms with van der Waals surface area (Å²) >= 11 is 0. The van der Waals surface area contributed by atoms with Gasteiger partial charge in [-0.15, -0.1) is 4.85 Å². The molecule has 0 spiro atoms. The van der Waals surface area contributed by atoms with Crippen LogP contribution in [-0.4, -0.2) is 58.8 Å². The number of nitrogens with one attached hydrogen (secondary N) is 1. The first-order valence-corrected chi connectivity index (χ1v) is 5.17. The predicted molar refractivity (Wildman–Crippen MR) is 62.8 cm³/mol. The van der Waals surface area contributed by atoms with Crippen LogP contribution in [-0.2, 0) is 0 Å². The zero-order valence-corrected chi connectivity index (χ0v) is 10.3. The highest BCUT2D eigenvalue weighted by molar-refractivity contribution is 6.03. The Balaban J connectivity index is 2.78. The Bertz CT molecular complexity index is 581. The molecule has 2 aromatic rings. The van der Waals surface area contributed by atoms with Gasteiger partial charge >= 0.3 is 5.65 Å². The van der Waals surface area contributed by atoms with Gasteiger partial charge in [0.1, 0.15) is 5.56 Å². The Morgan fingerprint density at radius 1 is 1.47 bits per heavy atom. The highest BCUT2D eigenvalue weighted by atomic mass is 16.5. The maximum absolute atomic E-state index is 11.7. The molecule has 0 saturated carbocycles. The van der Waals surface area contributed by atoms with E-state index in [4.69, 9.17) is 0 Å². The van der Waals surface area contributed by atoms with Crippen LogP contribution in [0, 0.1) is 5.21 Å². The van der Waals surface area contributed by atoms with Crippen molar-refractivity contribution in [3.63, 3.8) is 0 Å². The second-order valence-electron chi connectivity index (χ2n) is 4.15. The first kappa shape index (κ1) is 11.3. The monoisotopic (exact) mass is 235 g/mol. The number of nitrogens with zero attached hydrogens (tertiary/aromatic N) is 5. The van der Waals surface area contributed by atoms with Crippen LogP contribution in [0.3, 0.4) is 0 Å². The van der Waals surface area contributed by atoms with Gasteiger partial charge in [-0.25, -0.2) is 4.98 Å². The summed E-state index contributed by atoms with van der Waals surface area (Å²) in [5.74, 6) is 0.920. The fourth-order valence-corrected chi connectivity index (χ4v) is 1.93. The normalized spacial score (nSPS) is 10.6. The van der Waals surface area contributed by atoms with Gasteiger partial charge in [-0.3, -0.25) is 9.48 Å². The Kier molecular flexibility index (Phi) is 2.66. The molecule has 2 rings (SSSR count). The van der Waals surface area contributed by atoms with Crippen molar-refractivity contribution >= 4 is 17.0 Å². The fraction of sp³-hybridized carbons (Fsp3) is 0.400. The molecule has 0 aliphatic carbocycles. The molecule has 0 fully saturated rings. The lowest BCUT2D eigenvalue weighted by Gasteiger charge is -2.11. The van der Waals surface area contributed by atoms with Gasteiger partial charge < -0.3 is 5.21 Å². The Morgan fingerprint density at radius 3 is 2.76 bits per heavy atom. The minimum Gasteiger partial charge on any atom is -0.692 e. The lowest BCUT2D eigenvalue weighted by Crippen LogP contribution is -2.35. The molecule has 17 heavy (non-hydrogen) atoms. The van der Waals surface area contributed by atoms with Crippen molar-refractivity contribution in [3.8, 4) is 0 Å². The first-order valence-electron chi connectivity index (χ1n) is 5.17. The number of rotatable bonds is 1. The largest absolute Gasteiger partial charge is 0.692 e. The topological polar surface area (TPSA) is 74.8 Å². The Morgan fingerprint density at radius 2 is 2.18 bits per heavy atom. The summed E-state index contributed by atoms with van der Waals surface area (Å²) in [6.07, 6.45) is 1.64. The number of hydrogen-bond donors (Lipinski definition) is 1. The Hall–Kier alpha value is -2.18. The molecule has 0 radical (unpaired) electrons. The molecule has 0 amide bonds. The van der Waals surface area contributed by atoms with Gasteiger partial charge in [-0.05, 0) is 6.07 Å². The number of H-pyrrole nitrogens is 1. The maximum atomic E-state index is 11.7. The molecule has 0 saturated heterocycles. The van der Waals surface area contributed by atoms with E-state index in [0.717, 1.165) is 11.4 Å². The van der Waals surface area contributed by atoms with Gasteiger partial charge in [0.25, 0.3) is 5.84 Å². The van der Waals surface area contributed by atoms with E-state index >= 15 is 0 Å². The standard InChI is InChI=1S/C10H14N6O/c1-14(2)10(15(3)4)7-5-6-11-9-8(7)16(17)13-12-9/h5-6H,1-4H3/p+1. The van der Waals surface area contributed by atoms with Crippen LogP contribution in [0.1, 0.15) is 5.56 Å². The van der Waals surface area contributed by atoms with E-state index in [2.05, 4.69) is 15.3 Å². The number of pyridine rings is 1. The van der Waals surface area contributed by atoms with Gasteiger partial charge in [0.2, 0.25) is 5.52 Å². The molecule has 0 aliphatic rings. The zero-order valence-electron chi connectivity index (χ0n) is 10.3. The smallest absolute Gasteiger partial charge is 0.342 e. The number of aromatic amines is 1. The average Bonchev–Trinajstić information content (AvgIpc) is 2.60. The van der Waals surface area contributed by atoms with E-state index in [-0.39, 0.29) is 0 Å². The molecule has 1 N–H and O–H groups in total. The maximum Gasteiger partial charge on any atom is 0.342 e. The van der Waals surface area contributed by atoms with Crippen molar-refractivity contribution in [2.75, 3.05) is 28.2 Å². The van der Waals surface area contributed by atoms with Crippen LogP contribution < -0.4 is 4.85 Å². The molecular formula is C10H15N6O+. The van der Waals surface area contributed by atoms with E-state index in [1.54, 1.807) is 6.20 Å². The fourth-order valence-electron chi connectivity index (χ4n) is 1.93. The summed E-state index contributed by atoms with van der Waals surface area (Å²) in [6.45, 7) is 0. The van der Waals surface area contributed by atoms with Crippen molar-refractivity contribution in [2.24, 2.45) is 0 Å². The van der Waals surface area contributed by atoms with Crippen molar-refractivity contribution in [1.29, 1.82) is 0 Å². The molecule has 0 aliphatic heterocycles. The summed E-state index contributed by atoms with van der Waals surface area (Å²) < 4.78 is 1.95. The lowest BCUT2D eigenvalue weighted by molar-refractivity contribution is -0.644. The number of amidine groups is 1. The van der Waals surface area contributed by atoms with Gasteiger partial charge in [-0.2, -0.15) is 0 Å². The average molecular weight is 235 g/mol. The summed E-state index contributed by atoms with van der Waals surface area (Å²) in [5.41, 5.74) is 1.66. The van der Waals surface area contributed by atoms with Crippen LogP contribution in [0.4, 0.5) is 0 Å². The minimum absolute atomic E-state index is 0.415. The highest BCUT2D eigenvalue weighted by Crippen LogP contribution is 2.11. The summed E-state index contributed by atoms with van der Waals surface area (Å²) in [4.78, 5) is 6.63. The van der Waals surface area contributed by atoms with Crippen molar-refractivity contribution in [2.45, 2.75) is 0 Å². The molecule has 90 valence electrons. The van der Waals surface area contributed by atoms with Crippen LogP contribution >= 0.6 is 0 Å². The predicted octanol–water partition coefficient (Wildman–Crippen LogP) is -0.828. The van der Waals surface area contributed by atoms with E-state index in [0.29, 0.717) is 16.0 Å². The third kappa shape index (κ3) is 1.79. The van der Waals surface area contributed by atoms with Crippen LogP contribution in [0.5, 0.6) is 0 Å². The van der Waals surface area contributed by atoms with Gasteiger partial charge in [0.15, 0.2) is 0 Å². The quantitative estimate of drug-likeness (QED) is 0.303. The third-order valence-corrected chi connectivity index (χ3v) is 2.44. The molecule has 2 heterocycles. The van der Waals surface area contributed by atoms with E-state index in [1.165, 1.54) is 0 Å². The van der Waals surface area contributed by atoms with E-state index in [9.17, 15) is 5.21 Å². The third-order valence-electron chi connectivity index (χ3n) is 2.44. The molecule has 2 aromatic heterocycles. The van der Waals surface area contributed by atoms with Gasteiger partial charge in [0.05, 0.1) is 33.3 Å². The van der Waals surface area contributed by atoms with Crippen LogP contribution in [0.25, 0.3) is 11.2 Å². The molecule has 0 atom stereocenters. The van der Waals surface area contributed by atoms with Crippen molar-refractivity contribution in [3.05, 3.63) is 23.0 Å². The zero-order chi connectivity index (χ0) is 12.6. The van der Waals surface area contributed by atoms with Gasteiger partial charge in [-0.1, -0.05) is 5.21 Å². The summed E-state index contributed by atoms with van der Waals surface area (Å²) in [5, 5.41) is 17.8. The Labute approximate surface area is 98.6 Å². The molecule has 7 nitrogen and oxygen atoms in total. The second kappa shape index (κ2) is 4.00. The first-order chi connectivity index (χ1) is 8.02. The summed E-state index contributed by atoms with van der Waals surface area (Å²) in [6, 6.07) is 1.81. The van der Waals surface area contributed by atoms with E-state index in [1.807, 2.05) is 43.7 Å². The van der Waals surface area contributed by atoms with Crippen molar-refractivity contribution < 1.29 is 9.42 Å². The SMILES string of the molecule is CN(C)C(c1ccnc2n[nH][n+]([O-])c12)=[N+](C)C. The highest BCUT2D eigenvalue weighted by Gasteiger charge is 2.24. The summed E-state index contributed by atoms with van der Waals surface area (Å²) in [7, 11) is 7.71. The van der Waals surface area contributed by atoms with Crippen LogP contribution in [0.15, 0.2) is 12.3 Å². The molecular weight excluding hydrogens is 220 g/mol. The van der Waals surface area contributed by atoms with E-state index < -0.39 is 0 Å². The molecule has 0 unspecified atom stereocenters. The molecule has 0 bridgehead atoms. The number of fused-ring (bicyclic) bond motifs is 1. The lowest BCUT2D eigenvalue weighted by atomic mass is 10.2. The van der Waals surface area contributed by atoms with Crippen LogP contribution in [0.2, 0.25) is 0 Å². The number of aromatic nitrogens is 4. The molecule has 0 aromatic carbocycles. The van der Waals surface area contributed by atoms with Gasteiger partial charge in [0, 0.05) is 6.20 Å². The number of hydrogen-bond acceptors (Lipinski definition) is 3.